The van der Waals surface area contributed by atoms with Crippen LogP contribution < -0.4 is 0 Å². The molecule has 1 unspecified atom stereocenters. The van der Waals surface area contributed by atoms with E-state index in [2.05, 4.69) is 6.07 Å². The Morgan fingerprint density at radius 2 is 2.16 bits per heavy atom. The van der Waals surface area contributed by atoms with Crippen LogP contribution in [0.1, 0.15) is 27.5 Å². The van der Waals surface area contributed by atoms with E-state index in [1.807, 2.05) is 25.9 Å². The number of hydrogen-bond donors (Lipinski definition) is 0. The van der Waals surface area contributed by atoms with Crippen LogP contribution in [0, 0.1) is 18.3 Å². The molecule has 0 N–H and O–H groups in total. The molecule has 0 fully saturated rings. The van der Waals surface area contributed by atoms with Gasteiger partial charge in [-0.25, -0.2) is 0 Å². The lowest BCUT2D eigenvalue weighted by atomic mass is 10.0. The molecule has 0 saturated heterocycles. The maximum Gasteiger partial charge on any atom is 0.255 e. The highest BCUT2D eigenvalue weighted by atomic mass is 35.5. The van der Waals surface area contributed by atoms with E-state index in [9.17, 15) is 10.1 Å². The third-order valence-corrected chi connectivity index (χ3v) is 3.83. The number of hydrogen-bond acceptors (Lipinski definition) is 3. The second-order valence-electron chi connectivity index (χ2n) is 4.97. The molecular weight excluding hydrogens is 262 g/mol. The largest absolute Gasteiger partial charge is 0.317 e. The number of amides is 1. The molecule has 19 heavy (non-hydrogen) atoms. The second kappa shape index (κ2) is 5.20. The quantitative estimate of drug-likeness (QED) is 0.851. The first-order valence-electron chi connectivity index (χ1n) is 6.11. The standard InChI is InChI=1S/C14H16ClN3O/c1-9-11(15)5-4-10-12(8-16)18(7-6-17(2)3)14(19)13(9)10/h4-5,12H,6-7H2,1-3H3. The van der Waals surface area contributed by atoms with Crippen molar-refractivity contribution in [1.29, 1.82) is 5.26 Å². The molecule has 0 bridgehead atoms. The third kappa shape index (κ3) is 2.32. The van der Waals surface area contributed by atoms with Gasteiger partial charge in [-0.15, -0.1) is 0 Å². The summed E-state index contributed by atoms with van der Waals surface area (Å²) in [7, 11) is 3.88. The second-order valence-corrected chi connectivity index (χ2v) is 5.38. The predicted octanol–water partition coefficient (Wildman–Crippen LogP) is 2.23. The number of nitrogens with zero attached hydrogens (tertiary/aromatic N) is 3. The molecule has 0 aromatic heterocycles. The Kier molecular flexibility index (Phi) is 3.79. The Morgan fingerprint density at radius 3 is 2.74 bits per heavy atom. The summed E-state index contributed by atoms with van der Waals surface area (Å²) in [5.74, 6) is -0.0941. The summed E-state index contributed by atoms with van der Waals surface area (Å²) in [5, 5.41) is 9.90. The summed E-state index contributed by atoms with van der Waals surface area (Å²) in [6.07, 6.45) is 0. The first-order chi connectivity index (χ1) is 8.97. The number of rotatable bonds is 3. The Morgan fingerprint density at radius 1 is 1.47 bits per heavy atom. The van der Waals surface area contributed by atoms with Gasteiger partial charge in [-0.05, 0) is 32.6 Å². The van der Waals surface area contributed by atoms with Crippen LogP contribution >= 0.6 is 11.6 Å². The van der Waals surface area contributed by atoms with Gasteiger partial charge in [0.05, 0.1) is 11.6 Å². The fourth-order valence-electron chi connectivity index (χ4n) is 2.33. The zero-order chi connectivity index (χ0) is 14.2. The van der Waals surface area contributed by atoms with Gasteiger partial charge in [-0.3, -0.25) is 4.79 Å². The van der Waals surface area contributed by atoms with Gasteiger partial charge in [0.1, 0.15) is 6.04 Å². The molecule has 2 rings (SSSR count). The molecule has 0 aliphatic carbocycles. The fourth-order valence-corrected chi connectivity index (χ4v) is 2.48. The van der Waals surface area contributed by atoms with E-state index in [1.54, 1.807) is 17.0 Å². The minimum absolute atomic E-state index is 0.0941. The topological polar surface area (TPSA) is 47.3 Å². The summed E-state index contributed by atoms with van der Waals surface area (Å²) < 4.78 is 0. The zero-order valence-electron chi connectivity index (χ0n) is 11.3. The van der Waals surface area contributed by atoms with Crippen LogP contribution in [0.5, 0.6) is 0 Å². The van der Waals surface area contributed by atoms with Gasteiger partial charge < -0.3 is 9.80 Å². The van der Waals surface area contributed by atoms with Gasteiger partial charge in [-0.1, -0.05) is 17.7 Å². The zero-order valence-corrected chi connectivity index (χ0v) is 12.0. The van der Waals surface area contributed by atoms with E-state index < -0.39 is 6.04 Å². The molecule has 4 nitrogen and oxygen atoms in total. The third-order valence-electron chi connectivity index (χ3n) is 3.42. The van der Waals surface area contributed by atoms with Crippen molar-refractivity contribution in [3.8, 4) is 6.07 Å². The molecule has 1 aromatic rings. The Balaban J connectivity index is 2.40. The number of benzene rings is 1. The van der Waals surface area contributed by atoms with Crippen molar-refractivity contribution in [2.45, 2.75) is 13.0 Å². The van der Waals surface area contributed by atoms with Crippen LogP contribution in [0.4, 0.5) is 0 Å². The van der Waals surface area contributed by atoms with E-state index in [0.29, 0.717) is 17.1 Å². The summed E-state index contributed by atoms with van der Waals surface area (Å²) in [6, 6.07) is 5.25. The maximum absolute atomic E-state index is 12.4. The number of nitriles is 1. The van der Waals surface area contributed by atoms with E-state index in [-0.39, 0.29) is 5.91 Å². The van der Waals surface area contributed by atoms with Crippen molar-refractivity contribution in [2.75, 3.05) is 27.2 Å². The van der Waals surface area contributed by atoms with Gasteiger partial charge in [0, 0.05) is 23.7 Å². The summed E-state index contributed by atoms with van der Waals surface area (Å²) in [6.45, 7) is 3.09. The van der Waals surface area contributed by atoms with Crippen LogP contribution in [0.15, 0.2) is 12.1 Å². The predicted molar refractivity (Wildman–Crippen MR) is 74.1 cm³/mol. The minimum Gasteiger partial charge on any atom is -0.317 e. The van der Waals surface area contributed by atoms with E-state index in [0.717, 1.165) is 17.7 Å². The summed E-state index contributed by atoms with van der Waals surface area (Å²) >= 11 is 6.06. The van der Waals surface area contributed by atoms with Crippen molar-refractivity contribution in [2.24, 2.45) is 0 Å². The van der Waals surface area contributed by atoms with Gasteiger partial charge in [0.15, 0.2) is 0 Å². The first kappa shape index (κ1) is 13.9. The fraction of sp³-hybridized carbons (Fsp3) is 0.429. The highest BCUT2D eigenvalue weighted by Crippen LogP contribution is 2.37. The molecular formula is C14H16ClN3O. The van der Waals surface area contributed by atoms with E-state index >= 15 is 0 Å². The van der Waals surface area contributed by atoms with Crippen LogP contribution in [0.3, 0.4) is 0 Å². The normalized spacial score (nSPS) is 17.8. The molecule has 1 aromatic carbocycles. The number of halogens is 1. The van der Waals surface area contributed by atoms with Crippen LogP contribution in [-0.2, 0) is 0 Å². The molecule has 100 valence electrons. The van der Waals surface area contributed by atoms with Crippen molar-refractivity contribution >= 4 is 17.5 Å². The summed E-state index contributed by atoms with van der Waals surface area (Å²) in [5.41, 5.74) is 2.13. The van der Waals surface area contributed by atoms with Gasteiger partial charge in [-0.2, -0.15) is 5.26 Å². The molecule has 0 spiro atoms. The van der Waals surface area contributed by atoms with Crippen LogP contribution in [0.2, 0.25) is 5.02 Å². The molecule has 1 amide bonds. The lowest BCUT2D eigenvalue weighted by Gasteiger charge is -2.22. The van der Waals surface area contributed by atoms with Crippen molar-refractivity contribution < 1.29 is 4.79 Å². The number of fused-ring (bicyclic) bond motifs is 1. The van der Waals surface area contributed by atoms with E-state index in [1.165, 1.54) is 0 Å². The van der Waals surface area contributed by atoms with Gasteiger partial charge in [0.2, 0.25) is 0 Å². The molecule has 1 aliphatic rings. The maximum atomic E-state index is 12.4. The highest BCUT2D eigenvalue weighted by molar-refractivity contribution is 6.32. The number of carbonyl (C=O) groups is 1. The minimum atomic E-state index is -0.501. The highest BCUT2D eigenvalue weighted by Gasteiger charge is 2.38. The van der Waals surface area contributed by atoms with E-state index in [4.69, 9.17) is 11.6 Å². The van der Waals surface area contributed by atoms with Crippen molar-refractivity contribution in [1.82, 2.24) is 9.80 Å². The number of carbonyl (C=O) groups excluding carboxylic acids is 1. The lowest BCUT2D eigenvalue weighted by molar-refractivity contribution is 0.0746. The SMILES string of the molecule is Cc1c(Cl)ccc2c1C(=O)N(CCN(C)C)C2C#N. The van der Waals surface area contributed by atoms with Crippen LogP contribution in [-0.4, -0.2) is 42.9 Å². The summed E-state index contributed by atoms with van der Waals surface area (Å²) in [4.78, 5) is 16.1. The molecule has 1 heterocycles. The molecule has 1 atom stereocenters. The monoisotopic (exact) mass is 277 g/mol. The Bertz CT molecular complexity index is 563. The van der Waals surface area contributed by atoms with Gasteiger partial charge in [0.25, 0.3) is 5.91 Å². The average Bonchev–Trinajstić information content (AvgIpc) is 2.64. The average molecular weight is 278 g/mol. The van der Waals surface area contributed by atoms with Gasteiger partial charge >= 0.3 is 0 Å². The first-order valence-corrected chi connectivity index (χ1v) is 6.49. The van der Waals surface area contributed by atoms with Crippen LogP contribution in [0.25, 0.3) is 0 Å². The Labute approximate surface area is 118 Å². The van der Waals surface area contributed by atoms with Crippen molar-refractivity contribution in [3.63, 3.8) is 0 Å². The number of likely N-dealkylation sites (N-methyl/N-ethyl adjacent to an activating group) is 1. The molecule has 1 aliphatic heterocycles. The molecule has 5 heteroatoms. The molecule has 0 radical (unpaired) electrons. The Hall–Kier alpha value is -1.57. The smallest absolute Gasteiger partial charge is 0.255 e. The molecule has 0 saturated carbocycles. The lowest BCUT2D eigenvalue weighted by Crippen LogP contribution is -2.34. The van der Waals surface area contributed by atoms with Crippen molar-refractivity contribution in [3.05, 3.63) is 33.8 Å².